The molecule has 0 aliphatic heterocycles. The van der Waals surface area contributed by atoms with E-state index in [-0.39, 0.29) is 44.6 Å². The Bertz CT molecular complexity index is 4470. The highest BCUT2D eigenvalue weighted by Gasteiger charge is 2.71. The number of nitrogens with zero attached hydrogens (tertiary/aromatic N) is 2. The number of Topliss-reactive ketones (excluding diaryl/α,β-unsaturated/α-hetero) is 4. The van der Waals surface area contributed by atoms with E-state index >= 15 is 0 Å². The molecule has 2 aromatic heterocycles. The molecule has 4 aromatic carbocycles. The number of phenolic OH excluding ortho intramolecular Hbond substituents is 2. The highest BCUT2D eigenvalue weighted by Crippen LogP contribution is 2.58. The van der Waals surface area contributed by atoms with E-state index in [4.69, 9.17) is 39.2 Å². The molecule has 29 nitrogen and oxygen atoms in total. The average molecular weight is 1320 g/mol. The number of carbonyl (C=O) groups is 8. The summed E-state index contributed by atoms with van der Waals surface area (Å²) in [7, 11) is 5.42. The zero-order valence-corrected chi connectivity index (χ0v) is 51.5. The predicted molar refractivity (Wildman–Crippen MR) is 328 cm³/mol. The zero-order chi connectivity index (χ0) is 69.5. The molecule has 0 bridgehead atoms. The monoisotopic (exact) mass is 1320 g/mol. The molecule has 2 fully saturated rings. The third-order valence-corrected chi connectivity index (χ3v) is 19.0. The van der Waals surface area contributed by atoms with Crippen LogP contribution >= 0.6 is 0 Å². The third kappa shape index (κ3) is 9.54. The average Bonchev–Trinajstić information content (AvgIpc) is 0.693. The molecule has 0 spiro atoms. The molecule has 2 heterocycles. The van der Waals surface area contributed by atoms with Gasteiger partial charge in [-0.05, 0) is 87.6 Å². The first-order valence-corrected chi connectivity index (χ1v) is 29.7. The lowest BCUT2D eigenvalue weighted by molar-refractivity contribution is -0.176. The van der Waals surface area contributed by atoms with Crippen molar-refractivity contribution in [3.05, 3.63) is 173 Å². The first-order valence-electron chi connectivity index (χ1n) is 29.7. The molecule has 6 aliphatic rings. The highest BCUT2D eigenvalue weighted by atomic mass is 16.6. The van der Waals surface area contributed by atoms with Gasteiger partial charge in [-0.1, -0.05) is 50.2 Å². The number of carbonyl (C=O) groups excluding carboxylic acids is 8. The molecule has 12 atom stereocenters. The van der Waals surface area contributed by atoms with Crippen molar-refractivity contribution in [2.75, 3.05) is 41.4 Å². The van der Waals surface area contributed by atoms with Gasteiger partial charge in [0.2, 0.25) is 34.7 Å². The van der Waals surface area contributed by atoms with Crippen molar-refractivity contribution < 1.29 is 112 Å². The standard InChI is InChI=1S/C67H60N4O25/c1-23-26-11-7-13-28(73)40(26)52(77)44-38(23)54(79)48-50(70(3)4)56(46(62(68)85)60(83)66(48,89)58(44)81)95-64(87)36-19-30(75)42-32(15-9-17-34(42)93-36)91-21-25(72)22-92-33-16-10-18-35-43(33)31(76)20-37(94-35)65(88)96-57-47(63(69)86)61(84)67(90)49(51(57)71(5)6)55(80)39-24(2)27-12-8-14-29(74)41(27)53(78)45(39)59(67)82/h7-20,23-25,38-39,48-51,54-55,72-74,77-80,89-90H,21-22H2,1-6H3,(H2,68,85)(H2,69,86)/t23-,24-,38+,39+,48+,49+,50-,51-,54-,55-,66-,67-/m0/s1. The van der Waals surface area contributed by atoms with Gasteiger partial charge in [-0.15, -0.1) is 0 Å². The first-order chi connectivity index (χ1) is 45.3. The topological polar surface area (TPSA) is 474 Å². The van der Waals surface area contributed by atoms with Gasteiger partial charge in [-0.2, -0.15) is 0 Å². The number of rotatable bonds is 14. The second kappa shape index (κ2) is 23.4. The number of aromatic hydroxyl groups is 2. The lowest BCUT2D eigenvalue weighted by atomic mass is 9.54. The summed E-state index contributed by atoms with van der Waals surface area (Å²) < 4.78 is 34.6. The molecule has 0 radical (unpaired) electrons. The van der Waals surface area contributed by atoms with Crippen LogP contribution in [-0.2, 0) is 38.2 Å². The number of fused-ring (bicyclic) bond motifs is 8. The molecule has 0 unspecified atom stereocenters. The Hall–Kier alpha value is -10.7. The Morgan fingerprint density at radius 1 is 0.552 bits per heavy atom. The van der Waals surface area contributed by atoms with Gasteiger partial charge in [-0.25, -0.2) is 9.59 Å². The first kappa shape index (κ1) is 65.4. The summed E-state index contributed by atoms with van der Waals surface area (Å²) in [6, 6.07) is 14.3. The maximum Gasteiger partial charge on any atom is 0.379 e. The lowest BCUT2D eigenvalue weighted by Gasteiger charge is -2.53. The number of benzene rings is 4. The number of hydrogen-bond acceptors (Lipinski definition) is 27. The molecular formula is C67H60N4O25. The maximum absolute atomic E-state index is 14.5. The molecule has 12 rings (SSSR count). The van der Waals surface area contributed by atoms with E-state index in [2.05, 4.69) is 0 Å². The van der Waals surface area contributed by atoms with E-state index < -0.39 is 216 Å². The summed E-state index contributed by atoms with van der Waals surface area (Å²) in [5.74, 6) is -26.6. The summed E-state index contributed by atoms with van der Waals surface area (Å²) in [6.45, 7) is 1.96. The second-order valence-electron chi connectivity index (χ2n) is 24.8. The Morgan fingerprint density at radius 2 is 0.906 bits per heavy atom. The van der Waals surface area contributed by atoms with Crippen LogP contribution in [0.2, 0.25) is 0 Å². The fourth-order valence-corrected chi connectivity index (χ4v) is 14.9. The van der Waals surface area contributed by atoms with E-state index in [0.29, 0.717) is 23.3 Å². The SMILES string of the molecule is C[C@H]1c2cccc(O)c2C(O)=C2C(=O)[C@]3(O)C(=O)C(C(N)=O)=C(OC(=O)c4cc(=O)c5c(OCC(O)COc6cccc7oc(C(=O)OC8=C(C(N)=O)C(=O)[C@@]9(O)C(=O)C%10=C(O)c%11c(O)cccc%11[C@H](C)[C@H]%10[C@H](O)[C@H]9[C@@H]8N(C)C)cc(=O)c67)cccc5o4)[C@@H](N(C)C)[C@@H]3[C@@H](O)[C@@H]21. The number of ketones is 4. The third-order valence-electron chi connectivity index (χ3n) is 19.0. The van der Waals surface area contributed by atoms with Crippen LogP contribution in [0.1, 0.15) is 69.0 Å². The largest absolute Gasteiger partial charge is 0.507 e. The van der Waals surface area contributed by atoms with Crippen molar-refractivity contribution in [3.8, 4) is 23.0 Å². The van der Waals surface area contributed by atoms with Crippen LogP contribution in [-0.4, -0.2) is 186 Å². The quantitative estimate of drug-likeness (QED) is 0.0410. The minimum absolute atomic E-state index is 0.173. The molecule has 2 saturated carbocycles. The number of esters is 2. The van der Waals surface area contributed by atoms with Crippen LogP contribution in [0.25, 0.3) is 33.5 Å². The fraction of sp³-hybridized carbons (Fsp3) is 0.313. The molecule has 0 saturated heterocycles. The van der Waals surface area contributed by atoms with E-state index in [1.165, 1.54) is 111 Å². The minimum atomic E-state index is -3.30. The predicted octanol–water partition coefficient (Wildman–Crippen LogP) is 0.935. The van der Waals surface area contributed by atoms with Crippen molar-refractivity contribution in [1.82, 2.24) is 9.80 Å². The Kier molecular flexibility index (Phi) is 15.9. The van der Waals surface area contributed by atoms with Gasteiger partial charge in [0.05, 0.1) is 47.3 Å². The Balaban J connectivity index is 0.758. The van der Waals surface area contributed by atoms with Crippen LogP contribution in [0.4, 0.5) is 0 Å². The van der Waals surface area contributed by atoms with Crippen molar-refractivity contribution in [1.29, 1.82) is 0 Å². The normalized spacial score (nSPS) is 26.9. The van der Waals surface area contributed by atoms with Gasteiger partial charge in [0, 0.05) is 35.1 Å². The van der Waals surface area contributed by atoms with Crippen molar-refractivity contribution in [2.45, 2.75) is 67.3 Å². The van der Waals surface area contributed by atoms with Crippen LogP contribution in [0.15, 0.2) is 137 Å². The van der Waals surface area contributed by atoms with Crippen LogP contribution in [0.5, 0.6) is 23.0 Å². The van der Waals surface area contributed by atoms with Gasteiger partial charge in [0.15, 0.2) is 22.1 Å². The van der Waals surface area contributed by atoms with Gasteiger partial charge in [-0.3, -0.25) is 48.2 Å². The number of aliphatic hydroxyl groups is 7. The van der Waals surface area contributed by atoms with Gasteiger partial charge < -0.3 is 85.2 Å². The smallest absolute Gasteiger partial charge is 0.379 e. The van der Waals surface area contributed by atoms with E-state index in [9.17, 15) is 93.9 Å². The van der Waals surface area contributed by atoms with Crippen molar-refractivity contribution >= 4 is 80.3 Å². The molecule has 13 N–H and O–H groups in total. The highest BCUT2D eigenvalue weighted by molar-refractivity contribution is 6.34. The molecule has 498 valence electrons. The van der Waals surface area contributed by atoms with Gasteiger partial charge >= 0.3 is 11.9 Å². The number of amides is 2. The van der Waals surface area contributed by atoms with Crippen molar-refractivity contribution in [3.63, 3.8) is 0 Å². The lowest BCUT2D eigenvalue weighted by Crippen LogP contribution is -2.71. The molecule has 6 aliphatic carbocycles. The van der Waals surface area contributed by atoms with Crippen molar-refractivity contribution in [2.24, 2.45) is 35.1 Å². The molecule has 29 heteroatoms. The van der Waals surface area contributed by atoms with E-state index in [1.54, 1.807) is 13.8 Å². The molecule has 2 amide bonds. The molecular weight excluding hydrogens is 1260 g/mol. The number of phenols is 2. The number of likely N-dealkylation sites (N-methyl/N-ethyl adjacent to an activating group) is 2. The maximum atomic E-state index is 14.5. The van der Waals surface area contributed by atoms with E-state index in [0.717, 1.165) is 0 Å². The Labute approximate surface area is 540 Å². The summed E-state index contributed by atoms with van der Waals surface area (Å²) >= 11 is 0. The van der Waals surface area contributed by atoms with Crippen LogP contribution in [0, 0.1) is 23.7 Å². The second-order valence-corrected chi connectivity index (χ2v) is 24.8. The number of aliphatic hydroxyl groups excluding tert-OH is 5. The van der Waals surface area contributed by atoms with Gasteiger partial charge in [0.25, 0.3) is 11.8 Å². The minimum Gasteiger partial charge on any atom is -0.507 e. The van der Waals surface area contributed by atoms with E-state index in [1.807, 2.05) is 0 Å². The van der Waals surface area contributed by atoms with Gasteiger partial charge in [0.1, 0.15) is 98.4 Å². The van der Waals surface area contributed by atoms with Crippen LogP contribution < -0.4 is 31.8 Å². The Morgan fingerprint density at radius 3 is 1.25 bits per heavy atom. The molecule has 6 aromatic rings. The number of ether oxygens (including phenoxy) is 4. The number of nitrogens with two attached hydrogens (primary N) is 2. The number of hydrogen-bond donors (Lipinski definition) is 11. The molecule has 96 heavy (non-hydrogen) atoms. The fourth-order valence-electron chi connectivity index (χ4n) is 14.9. The van der Waals surface area contributed by atoms with Crippen LogP contribution in [0.3, 0.4) is 0 Å². The summed E-state index contributed by atoms with van der Waals surface area (Å²) in [5, 5.41) is 104. The summed E-state index contributed by atoms with van der Waals surface area (Å²) in [6.07, 6.45) is -5.34. The number of primary amides is 2. The summed E-state index contributed by atoms with van der Waals surface area (Å²) in [4.78, 5) is 143. The zero-order valence-electron chi connectivity index (χ0n) is 51.5. The summed E-state index contributed by atoms with van der Waals surface area (Å²) in [5.41, 5.74) is -0.888.